The van der Waals surface area contributed by atoms with Crippen LogP contribution in [0.5, 0.6) is 0 Å². The Morgan fingerprint density at radius 2 is 0.564 bits per heavy atom. The molecule has 0 aliphatic rings. The van der Waals surface area contributed by atoms with Crippen LogP contribution in [0.25, 0.3) is 0 Å². The van der Waals surface area contributed by atoms with Crippen LogP contribution in [0, 0.1) is 0 Å². The third-order valence-corrected chi connectivity index (χ3v) is 11.7. The molecule has 0 radical (unpaired) electrons. The van der Waals surface area contributed by atoms with E-state index in [1.165, 1.54) is 231 Å². The van der Waals surface area contributed by atoms with Crippen LogP contribution >= 0.6 is 0 Å². The molecule has 1 atom stereocenters. The molecule has 0 aromatic carbocycles. The minimum Gasteiger partial charge on any atom is -0.462 e. The van der Waals surface area contributed by atoms with Gasteiger partial charge in [-0.1, -0.05) is 264 Å². The van der Waals surface area contributed by atoms with Gasteiger partial charge in [0.1, 0.15) is 6.61 Å². The summed E-state index contributed by atoms with van der Waals surface area (Å²) in [5.74, 6) is -0.567. The number of unbranched alkanes of at least 4 members (excludes halogenated alkanes) is 39. The summed E-state index contributed by atoms with van der Waals surface area (Å²) in [7, 11) is 0. The molecule has 0 unspecified atom stereocenters. The van der Waals surface area contributed by atoms with Gasteiger partial charge in [-0.25, -0.2) is 0 Å². The SMILES string of the molecule is CCCCCCCCCCCCCCCCCCCCCCCCCC(=O)O[C@@H](CO)COC(=O)CCCCCCCCCCCCCCCCCCCC. The summed E-state index contributed by atoms with van der Waals surface area (Å²) < 4.78 is 10.7. The van der Waals surface area contributed by atoms with Crippen LogP contribution in [0.2, 0.25) is 0 Å². The number of hydrogen-bond donors (Lipinski definition) is 1. The fraction of sp³-hybridized carbons (Fsp3) is 0.960. The first-order chi connectivity index (χ1) is 27.1. The zero-order chi connectivity index (χ0) is 40.0. The fourth-order valence-electron chi connectivity index (χ4n) is 7.85. The highest BCUT2D eigenvalue weighted by molar-refractivity contribution is 5.70. The fourth-order valence-corrected chi connectivity index (χ4v) is 7.85. The van der Waals surface area contributed by atoms with Crippen LogP contribution in [0.15, 0.2) is 0 Å². The lowest BCUT2D eigenvalue weighted by molar-refractivity contribution is -0.161. The van der Waals surface area contributed by atoms with Crippen molar-refractivity contribution in [3.8, 4) is 0 Å². The second-order valence-electron chi connectivity index (χ2n) is 17.3. The Kier molecular flexibility index (Phi) is 46.3. The summed E-state index contributed by atoms with van der Waals surface area (Å²) in [6, 6.07) is 0. The molecule has 0 bridgehead atoms. The highest BCUT2D eigenvalue weighted by Crippen LogP contribution is 2.17. The molecule has 0 spiro atoms. The van der Waals surface area contributed by atoms with Gasteiger partial charge in [0.25, 0.3) is 0 Å². The van der Waals surface area contributed by atoms with Crippen molar-refractivity contribution >= 4 is 11.9 Å². The molecule has 0 aliphatic heterocycles. The number of carbonyl (C=O) groups is 2. The first-order valence-electron chi connectivity index (χ1n) is 25.1. The monoisotopic (exact) mass is 779 g/mol. The number of ether oxygens (including phenoxy) is 2. The Hall–Kier alpha value is -1.10. The van der Waals surface area contributed by atoms with E-state index in [1.807, 2.05) is 0 Å². The van der Waals surface area contributed by atoms with E-state index in [-0.39, 0.29) is 25.2 Å². The van der Waals surface area contributed by atoms with Gasteiger partial charge >= 0.3 is 11.9 Å². The van der Waals surface area contributed by atoms with Gasteiger partial charge in [-0.3, -0.25) is 9.59 Å². The maximum atomic E-state index is 12.3. The molecule has 5 nitrogen and oxygen atoms in total. The molecule has 0 saturated heterocycles. The zero-order valence-corrected chi connectivity index (χ0v) is 37.5. The van der Waals surface area contributed by atoms with Crippen molar-refractivity contribution in [3.05, 3.63) is 0 Å². The van der Waals surface area contributed by atoms with E-state index in [9.17, 15) is 14.7 Å². The van der Waals surface area contributed by atoms with Crippen LogP contribution < -0.4 is 0 Å². The highest BCUT2D eigenvalue weighted by atomic mass is 16.6. The van der Waals surface area contributed by atoms with E-state index in [4.69, 9.17) is 9.47 Å². The average Bonchev–Trinajstić information content (AvgIpc) is 3.19. The third-order valence-electron chi connectivity index (χ3n) is 11.7. The van der Waals surface area contributed by atoms with E-state index in [2.05, 4.69) is 13.8 Å². The maximum absolute atomic E-state index is 12.3. The molecule has 5 heteroatoms. The smallest absolute Gasteiger partial charge is 0.306 e. The molecule has 0 aliphatic carbocycles. The number of aliphatic hydroxyl groups is 1. The molecule has 0 aromatic rings. The Bertz CT molecular complexity index is 754. The number of hydrogen-bond acceptors (Lipinski definition) is 5. The number of carbonyl (C=O) groups excluding carboxylic acids is 2. The first kappa shape index (κ1) is 53.9. The van der Waals surface area contributed by atoms with Crippen LogP contribution in [0.1, 0.15) is 290 Å². The summed E-state index contributed by atoms with van der Waals surface area (Å²) in [5.41, 5.74) is 0. The lowest BCUT2D eigenvalue weighted by Crippen LogP contribution is -2.28. The van der Waals surface area contributed by atoms with Crippen LogP contribution in [0.3, 0.4) is 0 Å². The summed E-state index contributed by atoms with van der Waals surface area (Å²) in [5, 5.41) is 9.61. The molecule has 55 heavy (non-hydrogen) atoms. The average molecular weight is 779 g/mol. The lowest BCUT2D eigenvalue weighted by Gasteiger charge is -2.15. The quantitative estimate of drug-likeness (QED) is 0.0492. The predicted octanol–water partition coefficient (Wildman–Crippen LogP) is 16.2. The largest absolute Gasteiger partial charge is 0.462 e. The third kappa shape index (κ3) is 45.5. The van der Waals surface area contributed by atoms with E-state index < -0.39 is 6.10 Å². The molecule has 328 valence electrons. The minimum atomic E-state index is -0.763. The van der Waals surface area contributed by atoms with E-state index in [0.29, 0.717) is 12.8 Å². The Labute approximate surface area is 344 Å². The zero-order valence-electron chi connectivity index (χ0n) is 37.5. The molecule has 0 heterocycles. The van der Waals surface area contributed by atoms with Gasteiger partial charge in [0.05, 0.1) is 6.61 Å². The number of aliphatic hydroxyl groups excluding tert-OH is 1. The standard InChI is InChI=1S/C50H98O5/c1-3-5-7-9-11-13-15-17-19-21-23-24-25-26-27-29-31-33-35-37-39-41-43-45-50(53)55-48(46-51)47-54-49(52)44-42-40-38-36-34-32-30-28-22-20-18-16-14-12-10-8-6-4-2/h48,51H,3-47H2,1-2H3/t48-/m0/s1. The Morgan fingerprint density at radius 3 is 0.800 bits per heavy atom. The molecule has 0 rings (SSSR count). The van der Waals surface area contributed by atoms with Crippen LogP contribution in [-0.2, 0) is 19.1 Å². The summed E-state index contributed by atoms with van der Waals surface area (Å²) in [4.78, 5) is 24.4. The van der Waals surface area contributed by atoms with Gasteiger partial charge in [-0.05, 0) is 12.8 Å². The summed E-state index contributed by atoms with van der Waals surface area (Å²) in [6.45, 7) is 4.20. The van der Waals surface area contributed by atoms with Gasteiger partial charge < -0.3 is 14.6 Å². The molecular formula is C50H98O5. The van der Waals surface area contributed by atoms with E-state index in [1.54, 1.807) is 0 Å². The van der Waals surface area contributed by atoms with Gasteiger partial charge in [0, 0.05) is 12.8 Å². The molecule has 0 fully saturated rings. The molecule has 0 amide bonds. The van der Waals surface area contributed by atoms with Crippen molar-refractivity contribution < 1.29 is 24.2 Å². The topological polar surface area (TPSA) is 72.8 Å². The van der Waals surface area contributed by atoms with Crippen molar-refractivity contribution in [2.45, 2.75) is 296 Å². The summed E-state index contributed by atoms with van der Waals surface area (Å²) >= 11 is 0. The lowest BCUT2D eigenvalue weighted by atomic mass is 10.0. The van der Waals surface area contributed by atoms with Crippen LogP contribution in [0.4, 0.5) is 0 Å². The number of esters is 2. The molecule has 0 aromatic heterocycles. The van der Waals surface area contributed by atoms with E-state index >= 15 is 0 Å². The normalized spacial score (nSPS) is 12.0. The predicted molar refractivity (Wildman–Crippen MR) is 238 cm³/mol. The summed E-state index contributed by atoms with van der Waals surface area (Å²) in [6.07, 6.45) is 54.8. The Morgan fingerprint density at radius 1 is 0.345 bits per heavy atom. The molecule has 1 N–H and O–H groups in total. The molecule has 0 saturated carbocycles. The Balaban J connectivity index is 3.42. The second-order valence-corrected chi connectivity index (χ2v) is 17.3. The van der Waals surface area contributed by atoms with Gasteiger partial charge in [0.2, 0.25) is 0 Å². The second kappa shape index (κ2) is 47.3. The van der Waals surface area contributed by atoms with Crippen molar-refractivity contribution in [2.75, 3.05) is 13.2 Å². The van der Waals surface area contributed by atoms with Crippen molar-refractivity contribution in [1.29, 1.82) is 0 Å². The van der Waals surface area contributed by atoms with Crippen molar-refractivity contribution in [1.82, 2.24) is 0 Å². The van der Waals surface area contributed by atoms with E-state index in [0.717, 1.165) is 32.1 Å². The van der Waals surface area contributed by atoms with Gasteiger partial charge in [0.15, 0.2) is 6.10 Å². The minimum absolute atomic E-state index is 0.0560. The number of rotatable bonds is 47. The molecular weight excluding hydrogens is 681 g/mol. The van der Waals surface area contributed by atoms with Gasteiger partial charge in [-0.15, -0.1) is 0 Å². The van der Waals surface area contributed by atoms with Crippen LogP contribution in [-0.4, -0.2) is 36.4 Å². The van der Waals surface area contributed by atoms with Crippen molar-refractivity contribution in [2.24, 2.45) is 0 Å². The highest BCUT2D eigenvalue weighted by Gasteiger charge is 2.16. The van der Waals surface area contributed by atoms with Crippen molar-refractivity contribution in [3.63, 3.8) is 0 Å². The maximum Gasteiger partial charge on any atom is 0.306 e. The van der Waals surface area contributed by atoms with Gasteiger partial charge in [-0.2, -0.15) is 0 Å². The first-order valence-corrected chi connectivity index (χ1v) is 25.1.